The van der Waals surface area contributed by atoms with Gasteiger partial charge in [0.1, 0.15) is 23.7 Å². The minimum Gasteiger partial charge on any atom is -0.489 e. The number of halogens is 1. The van der Waals surface area contributed by atoms with Gasteiger partial charge >= 0.3 is 12.0 Å². The van der Waals surface area contributed by atoms with E-state index in [1.807, 2.05) is 30.3 Å². The number of hydrogen-bond donors (Lipinski definition) is 2. The number of urea groups is 1. The van der Waals surface area contributed by atoms with Crippen LogP contribution < -0.4 is 19.7 Å². The predicted octanol–water partition coefficient (Wildman–Crippen LogP) is 4.05. The molecule has 0 unspecified atom stereocenters. The summed E-state index contributed by atoms with van der Waals surface area (Å²) in [6.07, 6.45) is 1.28. The van der Waals surface area contributed by atoms with Gasteiger partial charge in [-0.1, -0.05) is 48.0 Å². The first-order valence-corrected chi connectivity index (χ1v) is 11.0. The van der Waals surface area contributed by atoms with Crippen LogP contribution in [0.25, 0.3) is 6.08 Å². The second-order valence-corrected chi connectivity index (χ2v) is 8.01. The van der Waals surface area contributed by atoms with Crippen LogP contribution in [0.1, 0.15) is 11.1 Å². The van der Waals surface area contributed by atoms with E-state index in [1.54, 1.807) is 12.1 Å². The van der Waals surface area contributed by atoms with Crippen LogP contribution in [-0.4, -0.2) is 35.5 Å². The Hall–Kier alpha value is -4.63. The van der Waals surface area contributed by atoms with Gasteiger partial charge in [-0.2, -0.15) is 0 Å². The molecule has 10 heteroatoms. The first kappa shape index (κ1) is 24.5. The van der Waals surface area contributed by atoms with Crippen LogP contribution in [0.2, 0.25) is 5.02 Å². The molecule has 0 bridgehead atoms. The first-order chi connectivity index (χ1) is 17.3. The molecule has 1 heterocycles. The molecule has 0 saturated carbocycles. The maximum Gasteiger partial charge on any atom is 0.341 e. The number of benzene rings is 3. The molecule has 36 heavy (non-hydrogen) atoms. The van der Waals surface area contributed by atoms with Gasteiger partial charge in [0, 0.05) is 0 Å². The molecule has 0 aliphatic carbocycles. The minimum absolute atomic E-state index is 0.0910. The molecule has 2 N–H and O–H groups in total. The molecular weight excluding hydrogens is 488 g/mol. The number of hydrogen-bond acceptors (Lipinski definition) is 6. The summed E-state index contributed by atoms with van der Waals surface area (Å²) in [6, 6.07) is 19.3. The number of imide groups is 2. The molecule has 3 aromatic rings. The normalized spacial score (nSPS) is 14.5. The molecule has 3 aromatic carbocycles. The van der Waals surface area contributed by atoms with E-state index in [0.29, 0.717) is 17.9 Å². The third-order valence-corrected chi connectivity index (χ3v) is 5.36. The van der Waals surface area contributed by atoms with Crippen molar-refractivity contribution in [2.24, 2.45) is 0 Å². The molecule has 1 fully saturated rings. The summed E-state index contributed by atoms with van der Waals surface area (Å²) in [6.45, 7) is -0.221. The fourth-order valence-electron chi connectivity index (χ4n) is 3.35. The van der Waals surface area contributed by atoms with Crippen molar-refractivity contribution in [2.75, 3.05) is 11.5 Å². The maximum atomic E-state index is 13.1. The summed E-state index contributed by atoms with van der Waals surface area (Å²) in [7, 11) is 0. The van der Waals surface area contributed by atoms with Gasteiger partial charge in [-0.3, -0.25) is 14.9 Å². The van der Waals surface area contributed by atoms with Crippen LogP contribution in [0.5, 0.6) is 11.5 Å². The minimum atomic E-state index is -1.16. The Morgan fingerprint density at radius 2 is 1.69 bits per heavy atom. The highest BCUT2D eigenvalue weighted by Crippen LogP contribution is 2.28. The van der Waals surface area contributed by atoms with Crippen LogP contribution in [0.15, 0.2) is 78.4 Å². The Morgan fingerprint density at radius 1 is 0.972 bits per heavy atom. The number of nitrogens with zero attached hydrogens (tertiary/aromatic N) is 1. The van der Waals surface area contributed by atoms with Crippen LogP contribution in [0, 0.1) is 0 Å². The quantitative estimate of drug-likeness (QED) is 0.349. The maximum absolute atomic E-state index is 13.1. The standard InChI is InChI=1S/C26H19ClN2O7/c27-21-13-17(6-11-22(21)36-15-23(30)31)12-20-24(32)28-26(34)29(25(20)33)18-7-9-19(10-8-18)35-14-16-4-2-1-3-5-16/h1-13H,14-15H2,(H,30,31)(H,28,32,34)/b20-12+. The molecule has 0 radical (unpaired) electrons. The van der Waals surface area contributed by atoms with Crippen molar-refractivity contribution in [3.63, 3.8) is 0 Å². The van der Waals surface area contributed by atoms with Gasteiger partial charge in [-0.05, 0) is 53.6 Å². The number of anilines is 1. The van der Waals surface area contributed by atoms with E-state index in [2.05, 4.69) is 5.32 Å². The first-order valence-electron chi connectivity index (χ1n) is 10.6. The van der Waals surface area contributed by atoms with Crippen LogP contribution in [0.4, 0.5) is 10.5 Å². The highest BCUT2D eigenvalue weighted by atomic mass is 35.5. The van der Waals surface area contributed by atoms with Gasteiger partial charge in [0.15, 0.2) is 6.61 Å². The average molecular weight is 507 g/mol. The van der Waals surface area contributed by atoms with Gasteiger partial charge in [0.2, 0.25) is 0 Å². The molecule has 4 amide bonds. The molecule has 0 spiro atoms. The Kier molecular flexibility index (Phi) is 7.31. The summed E-state index contributed by atoms with van der Waals surface area (Å²) in [5.74, 6) is -2.16. The van der Waals surface area contributed by atoms with Crippen molar-refractivity contribution >= 4 is 47.2 Å². The molecule has 4 rings (SSSR count). The summed E-state index contributed by atoms with van der Waals surface area (Å²) >= 11 is 6.12. The molecule has 0 aromatic heterocycles. The second-order valence-electron chi connectivity index (χ2n) is 7.60. The number of barbiturate groups is 1. The van der Waals surface area contributed by atoms with Gasteiger partial charge < -0.3 is 14.6 Å². The zero-order valence-electron chi connectivity index (χ0n) is 18.6. The zero-order chi connectivity index (χ0) is 25.7. The number of amides is 4. The number of carboxylic acids is 1. The van der Waals surface area contributed by atoms with Crippen molar-refractivity contribution in [2.45, 2.75) is 6.61 Å². The number of aliphatic carboxylic acids is 1. The lowest BCUT2D eigenvalue weighted by molar-refractivity contribution is -0.139. The molecule has 1 aliphatic rings. The van der Waals surface area contributed by atoms with E-state index < -0.39 is 30.4 Å². The lowest BCUT2D eigenvalue weighted by Gasteiger charge is -2.26. The fourth-order valence-corrected chi connectivity index (χ4v) is 3.60. The highest BCUT2D eigenvalue weighted by Gasteiger charge is 2.36. The third kappa shape index (κ3) is 5.70. The van der Waals surface area contributed by atoms with Crippen molar-refractivity contribution < 1.29 is 33.8 Å². The molecule has 1 saturated heterocycles. The summed E-state index contributed by atoms with van der Waals surface area (Å²) in [4.78, 5) is 49.5. The fraction of sp³-hybridized carbons (Fsp3) is 0.0769. The van der Waals surface area contributed by atoms with E-state index in [-0.39, 0.29) is 22.0 Å². The van der Waals surface area contributed by atoms with Gasteiger partial charge in [0.25, 0.3) is 11.8 Å². The van der Waals surface area contributed by atoms with Crippen LogP contribution in [0.3, 0.4) is 0 Å². The summed E-state index contributed by atoms with van der Waals surface area (Å²) in [5, 5.41) is 11.0. The number of rotatable bonds is 8. The van der Waals surface area contributed by atoms with E-state index in [1.165, 1.54) is 36.4 Å². The lowest BCUT2D eigenvalue weighted by atomic mass is 10.1. The Balaban J connectivity index is 1.51. The second kappa shape index (κ2) is 10.7. The molecule has 0 atom stereocenters. The number of ether oxygens (including phenoxy) is 2. The van der Waals surface area contributed by atoms with Crippen LogP contribution >= 0.6 is 11.6 Å². The summed E-state index contributed by atoms with van der Waals surface area (Å²) in [5.41, 5.74) is 1.33. The van der Waals surface area contributed by atoms with E-state index in [4.69, 9.17) is 26.2 Å². The largest absolute Gasteiger partial charge is 0.489 e. The van der Waals surface area contributed by atoms with Crippen molar-refractivity contribution in [3.8, 4) is 11.5 Å². The number of carbonyl (C=O) groups excluding carboxylic acids is 3. The number of carbonyl (C=O) groups is 4. The van der Waals surface area contributed by atoms with Gasteiger partial charge in [0.05, 0.1) is 10.7 Å². The Bertz CT molecular complexity index is 1350. The van der Waals surface area contributed by atoms with Crippen molar-refractivity contribution in [1.29, 1.82) is 0 Å². The zero-order valence-corrected chi connectivity index (χ0v) is 19.4. The van der Waals surface area contributed by atoms with Gasteiger partial charge in [-0.15, -0.1) is 0 Å². The number of nitrogens with one attached hydrogen (secondary N) is 1. The van der Waals surface area contributed by atoms with Crippen molar-refractivity contribution in [1.82, 2.24) is 5.32 Å². The van der Waals surface area contributed by atoms with Crippen molar-refractivity contribution in [3.05, 3.63) is 94.5 Å². The highest BCUT2D eigenvalue weighted by molar-refractivity contribution is 6.39. The summed E-state index contributed by atoms with van der Waals surface area (Å²) < 4.78 is 10.8. The van der Waals surface area contributed by atoms with E-state index in [0.717, 1.165) is 10.5 Å². The number of carboxylic acid groups (broad SMARTS) is 1. The topological polar surface area (TPSA) is 122 Å². The van der Waals surface area contributed by atoms with Gasteiger partial charge in [-0.25, -0.2) is 14.5 Å². The average Bonchev–Trinajstić information content (AvgIpc) is 2.86. The third-order valence-electron chi connectivity index (χ3n) is 5.06. The molecule has 182 valence electrons. The van der Waals surface area contributed by atoms with E-state index >= 15 is 0 Å². The molecule has 9 nitrogen and oxygen atoms in total. The predicted molar refractivity (Wildman–Crippen MR) is 131 cm³/mol. The monoisotopic (exact) mass is 506 g/mol. The smallest absolute Gasteiger partial charge is 0.341 e. The SMILES string of the molecule is O=C(O)COc1ccc(/C=C2\C(=O)NC(=O)N(c3ccc(OCc4ccccc4)cc3)C2=O)cc1Cl. The molecular formula is C26H19ClN2O7. The van der Waals surface area contributed by atoms with E-state index in [9.17, 15) is 19.2 Å². The molecule has 1 aliphatic heterocycles. The van der Waals surface area contributed by atoms with Crippen LogP contribution in [-0.2, 0) is 21.0 Å². The lowest BCUT2D eigenvalue weighted by Crippen LogP contribution is -2.54. The Labute approximate surface area is 210 Å². The Morgan fingerprint density at radius 3 is 2.36 bits per heavy atom.